The molecule has 8 heteroatoms. The van der Waals surface area contributed by atoms with Gasteiger partial charge in [-0.15, -0.1) is 0 Å². The van der Waals surface area contributed by atoms with Gasteiger partial charge in [-0.3, -0.25) is 0 Å². The first-order valence-corrected chi connectivity index (χ1v) is 6.08. The molecular formula is C12H8Cl2F3N3. The molecular weight excluding hydrogens is 314 g/mol. The maximum absolute atomic E-state index is 12.6. The molecule has 3 N–H and O–H groups in total. The van der Waals surface area contributed by atoms with Crippen LogP contribution in [0.15, 0.2) is 30.5 Å². The lowest BCUT2D eigenvalue weighted by Gasteiger charge is -2.12. The van der Waals surface area contributed by atoms with Crippen molar-refractivity contribution in [2.45, 2.75) is 6.18 Å². The molecule has 2 rings (SSSR count). The predicted octanol–water partition coefficient (Wildman–Crippen LogP) is 4.73. The number of aromatic nitrogens is 1. The van der Waals surface area contributed by atoms with Crippen LogP contribution >= 0.6 is 23.2 Å². The summed E-state index contributed by atoms with van der Waals surface area (Å²) in [6.45, 7) is 0. The van der Waals surface area contributed by atoms with E-state index in [0.717, 1.165) is 6.07 Å². The lowest BCUT2D eigenvalue weighted by atomic mass is 10.2. The maximum Gasteiger partial charge on any atom is 0.417 e. The number of alkyl halides is 3. The maximum atomic E-state index is 12.6. The van der Waals surface area contributed by atoms with Gasteiger partial charge in [-0.2, -0.15) is 13.2 Å². The summed E-state index contributed by atoms with van der Waals surface area (Å²) in [7, 11) is 0. The largest absolute Gasteiger partial charge is 0.417 e. The van der Waals surface area contributed by atoms with E-state index >= 15 is 0 Å². The van der Waals surface area contributed by atoms with Crippen molar-refractivity contribution in [2.75, 3.05) is 11.1 Å². The number of benzene rings is 1. The monoisotopic (exact) mass is 321 g/mol. The molecule has 0 saturated carbocycles. The first kappa shape index (κ1) is 14.7. The summed E-state index contributed by atoms with van der Waals surface area (Å²) in [5.41, 5.74) is 5.15. The van der Waals surface area contributed by atoms with Gasteiger partial charge in [0.25, 0.3) is 0 Å². The minimum atomic E-state index is -4.49. The number of anilines is 3. The van der Waals surface area contributed by atoms with Crippen LogP contribution in [-0.4, -0.2) is 4.98 Å². The number of hydrogen-bond donors (Lipinski definition) is 2. The average molecular weight is 322 g/mol. The van der Waals surface area contributed by atoms with Gasteiger partial charge in [-0.1, -0.05) is 23.2 Å². The van der Waals surface area contributed by atoms with Gasteiger partial charge >= 0.3 is 6.18 Å². The third-order valence-electron chi connectivity index (χ3n) is 2.44. The zero-order valence-electron chi connectivity index (χ0n) is 9.80. The molecule has 2 aromatic rings. The van der Waals surface area contributed by atoms with Gasteiger partial charge in [0, 0.05) is 11.9 Å². The highest BCUT2D eigenvalue weighted by atomic mass is 35.5. The van der Waals surface area contributed by atoms with Gasteiger partial charge < -0.3 is 11.1 Å². The van der Waals surface area contributed by atoms with Gasteiger partial charge in [0.05, 0.1) is 21.3 Å². The van der Waals surface area contributed by atoms with Crippen molar-refractivity contribution >= 4 is 40.4 Å². The standard InChI is InChI=1S/C12H8Cl2F3N3/c13-8-2-1-7(4-9(8)14)20-10-3-6(12(15,16)17)5-19-11(10)18/h1-5,20H,(H2,18,19). The number of nitrogens with one attached hydrogen (secondary N) is 1. The highest BCUT2D eigenvalue weighted by Gasteiger charge is 2.31. The molecule has 0 radical (unpaired) electrons. The van der Waals surface area contributed by atoms with E-state index in [-0.39, 0.29) is 16.5 Å². The minimum absolute atomic E-state index is 0.0400. The van der Waals surface area contributed by atoms with Crippen molar-refractivity contribution in [1.82, 2.24) is 4.98 Å². The predicted molar refractivity (Wildman–Crippen MR) is 73.4 cm³/mol. The molecule has 1 aromatic heterocycles. The molecule has 0 aliphatic carbocycles. The van der Waals surface area contributed by atoms with Crippen molar-refractivity contribution in [1.29, 1.82) is 0 Å². The number of hydrogen-bond acceptors (Lipinski definition) is 3. The molecule has 20 heavy (non-hydrogen) atoms. The Morgan fingerprint density at radius 1 is 1.10 bits per heavy atom. The molecule has 0 amide bonds. The van der Waals surface area contributed by atoms with Crippen molar-refractivity contribution < 1.29 is 13.2 Å². The highest BCUT2D eigenvalue weighted by Crippen LogP contribution is 2.33. The second kappa shape index (κ2) is 5.38. The first-order valence-electron chi connectivity index (χ1n) is 5.32. The number of rotatable bonds is 2. The molecule has 1 heterocycles. The number of nitrogens with two attached hydrogens (primary N) is 1. The van der Waals surface area contributed by atoms with E-state index in [0.29, 0.717) is 16.9 Å². The molecule has 0 unspecified atom stereocenters. The van der Waals surface area contributed by atoms with Crippen LogP contribution in [0.3, 0.4) is 0 Å². The van der Waals surface area contributed by atoms with E-state index < -0.39 is 11.7 Å². The first-order chi connectivity index (χ1) is 9.27. The van der Waals surface area contributed by atoms with Crippen LogP contribution in [0.25, 0.3) is 0 Å². The Bertz CT molecular complexity index is 644. The Kier molecular flexibility index (Phi) is 3.96. The fraction of sp³-hybridized carbons (Fsp3) is 0.0833. The van der Waals surface area contributed by atoms with Crippen molar-refractivity contribution in [3.8, 4) is 0 Å². The lowest BCUT2D eigenvalue weighted by molar-refractivity contribution is -0.137. The SMILES string of the molecule is Nc1ncc(C(F)(F)F)cc1Nc1ccc(Cl)c(Cl)c1. The van der Waals surface area contributed by atoms with Gasteiger partial charge in [0.2, 0.25) is 0 Å². The van der Waals surface area contributed by atoms with Crippen LogP contribution in [-0.2, 0) is 6.18 Å². The number of pyridine rings is 1. The summed E-state index contributed by atoms with van der Waals surface area (Å²) in [6, 6.07) is 5.44. The summed E-state index contributed by atoms with van der Waals surface area (Å²) in [5.74, 6) is -0.0518. The molecule has 1 aromatic carbocycles. The highest BCUT2D eigenvalue weighted by molar-refractivity contribution is 6.42. The molecule has 0 spiro atoms. The van der Waals surface area contributed by atoms with Gasteiger partial charge in [0.15, 0.2) is 0 Å². The smallest absolute Gasteiger partial charge is 0.382 e. The van der Waals surface area contributed by atoms with Crippen LogP contribution < -0.4 is 11.1 Å². The van der Waals surface area contributed by atoms with E-state index in [2.05, 4.69) is 10.3 Å². The molecule has 3 nitrogen and oxygen atoms in total. The molecule has 0 aliphatic heterocycles. The third-order valence-corrected chi connectivity index (χ3v) is 3.18. The molecule has 0 saturated heterocycles. The Morgan fingerprint density at radius 2 is 1.80 bits per heavy atom. The Labute approximate surface area is 122 Å². The summed E-state index contributed by atoms with van der Waals surface area (Å²) in [4.78, 5) is 3.52. The third kappa shape index (κ3) is 3.26. The summed E-state index contributed by atoms with van der Waals surface area (Å²) < 4.78 is 37.8. The fourth-order valence-electron chi connectivity index (χ4n) is 1.46. The topological polar surface area (TPSA) is 50.9 Å². The fourth-order valence-corrected chi connectivity index (χ4v) is 1.76. The molecule has 0 bridgehead atoms. The van der Waals surface area contributed by atoms with Crippen LogP contribution in [0.5, 0.6) is 0 Å². The summed E-state index contributed by atoms with van der Waals surface area (Å²) in [6.07, 6.45) is -3.82. The van der Waals surface area contributed by atoms with E-state index in [4.69, 9.17) is 28.9 Å². The zero-order valence-corrected chi connectivity index (χ0v) is 11.3. The van der Waals surface area contributed by atoms with Crippen LogP contribution in [0.1, 0.15) is 5.56 Å². The van der Waals surface area contributed by atoms with E-state index in [1.165, 1.54) is 12.1 Å². The van der Waals surface area contributed by atoms with Crippen molar-refractivity contribution in [3.05, 3.63) is 46.1 Å². The Balaban J connectivity index is 2.35. The van der Waals surface area contributed by atoms with Crippen LogP contribution in [0.4, 0.5) is 30.4 Å². The molecule has 106 valence electrons. The molecule has 0 aliphatic rings. The van der Waals surface area contributed by atoms with E-state index in [1.807, 2.05) is 0 Å². The minimum Gasteiger partial charge on any atom is -0.382 e. The second-order valence-corrected chi connectivity index (χ2v) is 4.72. The van der Waals surface area contributed by atoms with Crippen LogP contribution in [0.2, 0.25) is 10.0 Å². The number of nitrogen functional groups attached to an aromatic ring is 1. The van der Waals surface area contributed by atoms with E-state index in [1.54, 1.807) is 6.07 Å². The van der Waals surface area contributed by atoms with Crippen molar-refractivity contribution in [3.63, 3.8) is 0 Å². The normalized spacial score (nSPS) is 11.4. The van der Waals surface area contributed by atoms with Crippen molar-refractivity contribution in [2.24, 2.45) is 0 Å². The lowest BCUT2D eigenvalue weighted by Crippen LogP contribution is -2.08. The van der Waals surface area contributed by atoms with Gasteiger partial charge in [0.1, 0.15) is 5.82 Å². The van der Waals surface area contributed by atoms with Gasteiger partial charge in [-0.05, 0) is 24.3 Å². The van der Waals surface area contributed by atoms with E-state index in [9.17, 15) is 13.2 Å². The second-order valence-electron chi connectivity index (χ2n) is 3.91. The van der Waals surface area contributed by atoms with Crippen LogP contribution in [0, 0.1) is 0 Å². The molecule has 0 fully saturated rings. The number of halogens is 5. The number of nitrogens with zero attached hydrogens (tertiary/aromatic N) is 1. The zero-order chi connectivity index (χ0) is 14.9. The Morgan fingerprint density at radius 3 is 2.40 bits per heavy atom. The summed E-state index contributed by atoms with van der Waals surface area (Å²) >= 11 is 11.6. The molecule has 0 atom stereocenters. The average Bonchev–Trinajstić information content (AvgIpc) is 2.35. The quantitative estimate of drug-likeness (QED) is 0.840. The van der Waals surface area contributed by atoms with Gasteiger partial charge in [-0.25, -0.2) is 4.98 Å². The summed E-state index contributed by atoms with van der Waals surface area (Å²) in [5, 5.41) is 3.34. The Hall–Kier alpha value is -1.66.